The molecule has 1 aliphatic heterocycles. The fourth-order valence-electron chi connectivity index (χ4n) is 3.24. The fourth-order valence-corrected chi connectivity index (χ4v) is 3.24. The minimum Gasteiger partial charge on any atom is -0.348 e. The first-order valence-corrected chi connectivity index (χ1v) is 8.76. The van der Waals surface area contributed by atoms with Crippen LogP contribution in [0, 0.1) is 0 Å². The van der Waals surface area contributed by atoms with E-state index in [2.05, 4.69) is 15.6 Å². The molecule has 6 nitrogen and oxygen atoms in total. The van der Waals surface area contributed by atoms with Crippen molar-refractivity contribution in [1.82, 2.24) is 14.9 Å². The van der Waals surface area contributed by atoms with Crippen molar-refractivity contribution in [3.8, 4) is 5.69 Å². The van der Waals surface area contributed by atoms with Crippen molar-refractivity contribution in [2.75, 3.05) is 5.32 Å². The van der Waals surface area contributed by atoms with E-state index in [1.54, 1.807) is 30.7 Å². The maximum atomic E-state index is 12.6. The fraction of sp³-hybridized carbons (Fsp3) is 0.190. The van der Waals surface area contributed by atoms with Gasteiger partial charge in [0.1, 0.15) is 0 Å². The van der Waals surface area contributed by atoms with Crippen LogP contribution in [-0.4, -0.2) is 21.4 Å². The third-order valence-corrected chi connectivity index (χ3v) is 4.94. The molecule has 3 aromatic rings. The highest BCUT2D eigenvalue weighted by molar-refractivity contribution is 6.07. The van der Waals surface area contributed by atoms with Crippen molar-refractivity contribution in [3.05, 3.63) is 77.9 Å². The molecule has 4 rings (SSSR count). The number of nitrogens with zero attached hydrogens (tertiary/aromatic N) is 2. The molecule has 0 saturated carbocycles. The largest absolute Gasteiger partial charge is 0.348 e. The molecule has 0 saturated heterocycles. The van der Waals surface area contributed by atoms with Gasteiger partial charge in [0.2, 0.25) is 5.91 Å². The molecular weight excluding hydrogens is 340 g/mol. The van der Waals surface area contributed by atoms with Crippen LogP contribution in [0.2, 0.25) is 0 Å². The van der Waals surface area contributed by atoms with Crippen molar-refractivity contribution in [2.45, 2.75) is 25.8 Å². The number of aromatic nitrogens is 2. The SMILES string of the molecule is CC1(C)C(=O)Nc2ccc(C(=O)NCc3cccc(-n4ccnc4)c3)cc21. The zero-order valence-electron chi connectivity index (χ0n) is 15.2. The summed E-state index contributed by atoms with van der Waals surface area (Å²) < 4.78 is 1.91. The topological polar surface area (TPSA) is 76.0 Å². The number of rotatable bonds is 4. The molecule has 0 fully saturated rings. The van der Waals surface area contributed by atoms with E-state index in [0.717, 1.165) is 22.5 Å². The molecule has 0 bridgehead atoms. The maximum Gasteiger partial charge on any atom is 0.251 e. The molecule has 1 aromatic heterocycles. The Morgan fingerprint density at radius 2 is 2.07 bits per heavy atom. The van der Waals surface area contributed by atoms with Gasteiger partial charge in [-0.2, -0.15) is 0 Å². The van der Waals surface area contributed by atoms with Gasteiger partial charge in [0, 0.05) is 35.9 Å². The van der Waals surface area contributed by atoms with Crippen LogP contribution in [0.5, 0.6) is 0 Å². The van der Waals surface area contributed by atoms with E-state index in [1.807, 2.05) is 48.9 Å². The summed E-state index contributed by atoms with van der Waals surface area (Å²) in [5.41, 5.74) is 3.52. The molecule has 27 heavy (non-hydrogen) atoms. The summed E-state index contributed by atoms with van der Waals surface area (Å²) in [6.07, 6.45) is 5.34. The van der Waals surface area contributed by atoms with Gasteiger partial charge in [-0.1, -0.05) is 12.1 Å². The molecule has 0 radical (unpaired) electrons. The van der Waals surface area contributed by atoms with Crippen molar-refractivity contribution >= 4 is 17.5 Å². The number of nitrogens with one attached hydrogen (secondary N) is 2. The Bertz CT molecular complexity index is 1020. The highest BCUT2D eigenvalue weighted by atomic mass is 16.2. The van der Waals surface area contributed by atoms with E-state index >= 15 is 0 Å². The molecule has 0 aliphatic carbocycles. The predicted molar refractivity (Wildman–Crippen MR) is 103 cm³/mol. The Morgan fingerprint density at radius 3 is 2.85 bits per heavy atom. The first kappa shape index (κ1) is 17.0. The van der Waals surface area contributed by atoms with Gasteiger partial charge < -0.3 is 15.2 Å². The molecular formula is C21H20N4O2. The maximum absolute atomic E-state index is 12.6. The van der Waals surface area contributed by atoms with Crippen molar-refractivity contribution in [3.63, 3.8) is 0 Å². The molecule has 0 unspecified atom stereocenters. The average molecular weight is 360 g/mol. The lowest BCUT2D eigenvalue weighted by Gasteiger charge is -2.15. The minimum atomic E-state index is -0.634. The van der Waals surface area contributed by atoms with E-state index in [1.165, 1.54) is 0 Å². The quantitative estimate of drug-likeness (QED) is 0.751. The number of imidazole rings is 1. The van der Waals surface area contributed by atoms with Crippen LogP contribution < -0.4 is 10.6 Å². The van der Waals surface area contributed by atoms with Crippen LogP contribution in [-0.2, 0) is 16.8 Å². The average Bonchev–Trinajstić information content (AvgIpc) is 3.28. The summed E-state index contributed by atoms with van der Waals surface area (Å²) in [6.45, 7) is 4.13. The summed E-state index contributed by atoms with van der Waals surface area (Å²) in [6, 6.07) is 13.2. The highest BCUT2D eigenvalue weighted by Crippen LogP contribution is 2.37. The van der Waals surface area contributed by atoms with Crippen LogP contribution in [0.25, 0.3) is 5.69 Å². The number of benzene rings is 2. The molecule has 0 spiro atoms. The Labute approximate surface area is 157 Å². The summed E-state index contributed by atoms with van der Waals surface area (Å²) >= 11 is 0. The van der Waals surface area contributed by atoms with E-state index in [4.69, 9.17) is 0 Å². The van der Waals surface area contributed by atoms with E-state index in [0.29, 0.717) is 12.1 Å². The van der Waals surface area contributed by atoms with Crippen molar-refractivity contribution in [1.29, 1.82) is 0 Å². The summed E-state index contributed by atoms with van der Waals surface area (Å²) in [7, 11) is 0. The van der Waals surface area contributed by atoms with Crippen molar-refractivity contribution < 1.29 is 9.59 Å². The molecule has 2 amide bonds. The van der Waals surface area contributed by atoms with Gasteiger partial charge in [0.15, 0.2) is 0 Å². The number of carbonyl (C=O) groups excluding carboxylic acids is 2. The van der Waals surface area contributed by atoms with Gasteiger partial charge >= 0.3 is 0 Å². The number of amides is 2. The lowest BCUT2D eigenvalue weighted by Crippen LogP contribution is -2.27. The molecule has 6 heteroatoms. The summed E-state index contributed by atoms with van der Waals surface area (Å²) in [5, 5.41) is 5.80. The third-order valence-electron chi connectivity index (χ3n) is 4.94. The molecule has 0 atom stereocenters. The van der Waals surface area contributed by atoms with Gasteiger partial charge in [-0.25, -0.2) is 4.98 Å². The third kappa shape index (κ3) is 3.10. The van der Waals surface area contributed by atoms with Gasteiger partial charge in [0.25, 0.3) is 5.91 Å². The van der Waals surface area contributed by atoms with Gasteiger partial charge in [-0.3, -0.25) is 9.59 Å². The Hall–Kier alpha value is -3.41. The van der Waals surface area contributed by atoms with E-state index < -0.39 is 5.41 Å². The Morgan fingerprint density at radius 1 is 1.22 bits per heavy atom. The van der Waals surface area contributed by atoms with Gasteiger partial charge in [0.05, 0.1) is 11.7 Å². The second kappa shape index (κ2) is 6.39. The standard InChI is InChI=1S/C21H20N4O2/c1-21(2)17-11-15(6-7-18(17)24-20(21)27)19(26)23-12-14-4-3-5-16(10-14)25-9-8-22-13-25/h3-11,13H,12H2,1-2H3,(H,23,26)(H,24,27). The second-order valence-electron chi connectivity index (χ2n) is 7.16. The lowest BCUT2D eigenvalue weighted by atomic mass is 9.85. The van der Waals surface area contributed by atoms with Crippen LogP contribution in [0.3, 0.4) is 0 Å². The normalized spacial score (nSPS) is 14.5. The molecule has 2 heterocycles. The minimum absolute atomic E-state index is 0.0497. The van der Waals surface area contributed by atoms with Gasteiger partial charge in [-0.15, -0.1) is 0 Å². The molecule has 2 aromatic carbocycles. The highest BCUT2D eigenvalue weighted by Gasteiger charge is 2.38. The zero-order chi connectivity index (χ0) is 19.0. The molecule has 136 valence electrons. The smallest absolute Gasteiger partial charge is 0.251 e. The first-order valence-electron chi connectivity index (χ1n) is 8.76. The predicted octanol–water partition coefficient (Wildman–Crippen LogP) is 3.03. The lowest BCUT2D eigenvalue weighted by molar-refractivity contribution is -0.119. The first-order chi connectivity index (χ1) is 12.9. The summed E-state index contributed by atoms with van der Waals surface area (Å²) in [4.78, 5) is 28.7. The van der Waals surface area contributed by atoms with Crippen LogP contribution in [0.4, 0.5) is 5.69 Å². The molecule has 1 aliphatic rings. The van der Waals surface area contributed by atoms with Crippen LogP contribution in [0.1, 0.15) is 35.3 Å². The number of fused-ring (bicyclic) bond motifs is 1. The number of hydrogen-bond acceptors (Lipinski definition) is 3. The van der Waals surface area contributed by atoms with E-state index in [-0.39, 0.29) is 11.8 Å². The van der Waals surface area contributed by atoms with Crippen LogP contribution >= 0.6 is 0 Å². The van der Waals surface area contributed by atoms with E-state index in [9.17, 15) is 9.59 Å². The number of carbonyl (C=O) groups is 2. The summed E-state index contributed by atoms with van der Waals surface area (Å²) in [5.74, 6) is -0.215. The number of hydrogen-bond donors (Lipinski definition) is 2. The Balaban J connectivity index is 1.49. The van der Waals surface area contributed by atoms with Crippen molar-refractivity contribution in [2.24, 2.45) is 0 Å². The molecule has 2 N–H and O–H groups in total. The number of anilines is 1. The Kier molecular flexibility index (Phi) is 4.03. The monoisotopic (exact) mass is 360 g/mol. The zero-order valence-corrected chi connectivity index (χ0v) is 15.2. The second-order valence-corrected chi connectivity index (χ2v) is 7.16. The van der Waals surface area contributed by atoms with Crippen LogP contribution in [0.15, 0.2) is 61.2 Å². The van der Waals surface area contributed by atoms with Gasteiger partial charge in [-0.05, 0) is 55.3 Å².